The van der Waals surface area contributed by atoms with E-state index in [1.165, 1.54) is 25.7 Å². The summed E-state index contributed by atoms with van der Waals surface area (Å²) in [5, 5.41) is 0. The Bertz CT molecular complexity index is 553. The topological polar surface area (TPSA) is 42.0 Å². The molecule has 25 heavy (non-hydrogen) atoms. The van der Waals surface area contributed by atoms with Gasteiger partial charge in [-0.05, 0) is 43.0 Å². The predicted molar refractivity (Wildman–Crippen MR) is 98.1 cm³/mol. The van der Waals surface area contributed by atoms with Gasteiger partial charge in [-0.15, -0.1) is 0 Å². The molecule has 0 aromatic heterocycles. The molecule has 1 heterocycles. The van der Waals surface area contributed by atoms with Gasteiger partial charge >= 0.3 is 0 Å². The Kier molecular flexibility index (Phi) is 6.19. The van der Waals surface area contributed by atoms with Crippen molar-refractivity contribution >= 4 is 5.91 Å². The molecule has 1 aromatic rings. The van der Waals surface area contributed by atoms with E-state index in [9.17, 15) is 4.79 Å². The Morgan fingerprint density at radius 1 is 1.04 bits per heavy atom. The van der Waals surface area contributed by atoms with Crippen LogP contribution in [0.25, 0.3) is 0 Å². The first-order valence-corrected chi connectivity index (χ1v) is 9.46. The number of carbonyl (C=O) groups excluding carboxylic acids is 1. The van der Waals surface area contributed by atoms with Gasteiger partial charge in [-0.3, -0.25) is 9.69 Å². The molecule has 0 spiro atoms. The number of methoxy groups -OCH3 is 1. The summed E-state index contributed by atoms with van der Waals surface area (Å²) < 4.78 is 10.7. The molecule has 0 N–H and O–H groups in total. The molecule has 3 rings (SSSR count). The lowest BCUT2D eigenvalue weighted by molar-refractivity contribution is -0.135. The lowest BCUT2D eigenvalue weighted by Crippen LogP contribution is -2.54. The highest BCUT2D eigenvalue weighted by Gasteiger charge is 2.30. The largest absolute Gasteiger partial charge is 0.497 e. The molecule has 1 amide bonds. The van der Waals surface area contributed by atoms with Crippen LogP contribution in [-0.2, 0) is 4.79 Å². The molecule has 1 aliphatic carbocycles. The lowest BCUT2D eigenvalue weighted by atomic mass is 9.84. The third-order valence-electron chi connectivity index (χ3n) is 5.62. The van der Waals surface area contributed by atoms with E-state index in [2.05, 4.69) is 11.8 Å². The summed E-state index contributed by atoms with van der Waals surface area (Å²) in [6, 6.07) is 8.04. The summed E-state index contributed by atoms with van der Waals surface area (Å²) in [5.41, 5.74) is 0. The minimum Gasteiger partial charge on any atom is -0.497 e. The molecule has 1 saturated carbocycles. The van der Waals surface area contributed by atoms with Crippen LogP contribution in [0.4, 0.5) is 0 Å². The van der Waals surface area contributed by atoms with E-state index < -0.39 is 0 Å². The molecule has 1 saturated heterocycles. The van der Waals surface area contributed by atoms with Crippen LogP contribution < -0.4 is 9.47 Å². The van der Waals surface area contributed by atoms with Crippen molar-refractivity contribution in [3.05, 3.63) is 24.3 Å². The summed E-state index contributed by atoms with van der Waals surface area (Å²) in [7, 11) is 1.63. The summed E-state index contributed by atoms with van der Waals surface area (Å²) in [6.07, 6.45) is 5.39. The molecule has 2 atom stereocenters. The number of rotatable bonds is 5. The summed E-state index contributed by atoms with van der Waals surface area (Å²) in [4.78, 5) is 16.9. The van der Waals surface area contributed by atoms with Crippen molar-refractivity contribution in [3.8, 4) is 11.5 Å². The minimum atomic E-state index is 0.0761. The van der Waals surface area contributed by atoms with Gasteiger partial charge in [0.1, 0.15) is 11.5 Å². The number of ether oxygens (including phenoxy) is 2. The average Bonchev–Trinajstić information content (AvgIpc) is 2.67. The van der Waals surface area contributed by atoms with Gasteiger partial charge in [-0.25, -0.2) is 0 Å². The normalized spacial score (nSPS) is 24.8. The SMILES string of the molecule is COc1ccc(OCC(=O)N2CCN([C@H]3CCCC[C@@H]3C)CC2)cc1. The van der Waals surface area contributed by atoms with Crippen LogP contribution in [0.15, 0.2) is 24.3 Å². The fourth-order valence-corrected chi connectivity index (χ4v) is 4.05. The fourth-order valence-electron chi connectivity index (χ4n) is 4.05. The number of benzene rings is 1. The standard InChI is InChI=1S/C20H30N2O3/c1-16-5-3-4-6-19(16)21-11-13-22(14-12-21)20(23)15-25-18-9-7-17(24-2)8-10-18/h7-10,16,19H,3-6,11-15H2,1-2H3/t16-,19-/m0/s1. The van der Waals surface area contributed by atoms with E-state index in [1.54, 1.807) is 7.11 Å². The van der Waals surface area contributed by atoms with Crippen LogP contribution in [0.1, 0.15) is 32.6 Å². The molecule has 138 valence electrons. The Morgan fingerprint density at radius 3 is 2.32 bits per heavy atom. The fraction of sp³-hybridized carbons (Fsp3) is 0.650. The molecule has 1 aromatic carbocycles. The highest BCUT2D eigenvalue weighted by molar-refractivity contribution is 5.77. The molecule has 5 nitrogen and oxygen atoms in total. The van der Waals surface area contributed by atoms with E-state index in [4.69, 9.17) is 9.47 Å². The average molecular weight is 346 g/mol. The van der Waals surface area contributed by atoms with Crippen LogP contribution in [-0.4, -0.2) is 61.6 Å². The Labute approximate surface area is 150 Å². The Morgan fingerprint density at radius 2 is 1.68 bits per heavy atom. The Hall–Kier alpha value is -1.75. The molecule has 0 bridgehead atoms. The van der Waals surface area contributed by atoms with Gasteiger partial charge in [0, 0.05) is 32.2 Å². The van der Waals surface area contributed by atoms with E-state index in [1.807, 2.05) is 29.2 Å². The van der Waals surface area contributed by atoms with Crippen LogP contribution in [0, 0.1) is 5.92 Å². The zero-order valence-corrected chi connectivity index (χ0v) is 15.4. The van der Waals surface area contributed by atoms with Gasteiger partial charge in [0.2, 0.25) is 0 Å². The first kappa shape index (κ1) is 18.1. The molecule has 5 heteroatoms. The van der Waals surface area contributed by atoms with Crippen molar-refractivity contribution in [2.24, 2.45) is 5.92 Å². The number of nitrogens with zero attached hydrogens (tertiary/aromatic N) is 2. The smallest absolute Gasteiger partial charge is 0.260 e. The van der Waals surface area contributed by atoms with Crippen LogP contribution in [0.5, 0.6) is 11.5 Å². The number of hydrogen-bond acceptors (Lipinski definition) is 4. The maximum absolute atomic E-state index is 12.4. The quantitative estimate of drug-likeness (QED) is 0.822. The van der Waals surface area contributed by atoms with E-state index in [0.717, 1.165) is 37.8 Å². The second-order valence-corrected chi connectivity index (χ2v) is 7.21. The van der Waals surface area contributed by atoms with Gasteiger partial charge in [0.05, 0.1) is 7.11 Å². The van der Waals surface area contributed by atoms with E-state index >= 15 is 0 Å². The second kappa shape index (κ2) is 8.56. The van der Waals surface area contributed by atoms with Gasteiger partial charge < -0.3 is 14.4 Å². The van der Waals surface area contributed by atoms with Crippen molar-refractivity contribution in [3.63, 3.8) is 0 Å². The van der Waals surface area contributed by atoms with Crippen LogP contribution >= 0.6 is 0 Å². The van der Waals surface area contributed by atoms with E-state index in [-0.39, 0.29) is 12.5 Å². The Balaban J connectivity index is 1.43. The summed E-state index contributed by atoms with van der Waals surface area (Å²) in [5.74, 6) is 2.34. The first-order valence-electron chi connectivity index (χ1n) is 9.46. The maximum Gasteiger partial charge on any atom is 0.260 e. The highest BCUT2D eigenvalue weighted by atomic mass is 16.5. The second-order valence-electron chi connectivity index (χ2n) is 7.21. The third kappa shape index (κ3) is 4.66. The van der Waals surface area contributed by atoms with E-state index in [0.29, 0.717) is 11.8 Å². The highest BCUT2D eigenvalue weighted by Crippen LogP contribution is 2.28. The number of hydrogen-bond donors (Lipinski definition) is 0. The number of piperazine rings is 1. The molecule has 2 fully saturated rings. The van der Waals surface area contributed by atoms with Gasteiger partial charge in [0.15, 0.2) is 6.61 Å². The van der Waals surface area contributed by atoms with Crippen LogP contribution in [0.3, 0.4) is 0 Å². The van der Waals surface area contributed by atoms with Crippen molar-refractivity contribution in [2.75, 3.05) is 39.9 Å². The van der Waals surface area contributed by atoms with Crippen molar-refractivity contribution in [1.29, 1.82) is 0 Å². The van der Waals surface area contributed by atoms with Crippen molar-refractivity contribution in [1.82, 2.24) is 9.80 Å². The maximum atomic E-state index is 12.4. The monoisotopic (exact) mass is 346 g/mol. The number of carbonyl (C=O) groups is 1. The summed E-state index contributed by atoms with van der Waals surface area (Å²) >= 11 is 0. The molecule has 0 unspecified atom stereocenters. The lowest BCUT2D eigenvalue weighted by Gasteiger charge is -2.43. The van der Waals surface area contributed by atoms with Gasteiger partial charge in [-0.2, -0.15) is 0 Å². The molecular weight excluding hydrogens is 316 g/mol. The molecule has 0 radical (unpaired) electrons. The zero-order valence-electron chi connectivity index (χ0n) is 15.4. The van der Waals surface area contributed by atoms with Gasteiger partial charge in [0.25, 0.3) is 5.91 Å². The first-order chi connectivity index (χ1) is 12.2. The van der Waals surface area contributed by atoms with Crippen LogP contribution in [0.2, 0.25) is 0 Å². The van der Waals surface area contributed by atoms with Gasteiger partial charge in [-0.1, -0.05) is 19.8 Å². The van der Waals surface area contributed by atoms with Crippen molar-refractivity contribution in [2.45, 2.75) is 38.6 Å². The zero-order chi connectivity index (χ0) is 17.6. The molecule has 1 aliphatic heterocycles. The molecular formula is C20H30N2O3. The molecule has 2 aliphatic rings. The third-order valence-corrected chi connectivity index (χ3v) is 5.62. The summed E-state index contributed by atoms with van der Waals surface area (Å²) in [6.45, 7) is 6.09. The minimum absolute atomic E-state index is 0.0761. The predicted octanol–water partition coefficient (Wildman–Crippen LogP) is 2.80. The number of amides is 1. The van der Waals surface area contributed by atoms with Crippen molar-refractivity contribution < 1.29 is 14.3 Å².